The molecule has 0 saturated heterocycles. The summed E-state index contributed by atoms with van der Waals surface area (Å²) in [6.07, 6.45) is 0.675. The topological polar surface area (TPSA) is 38.3 Å². The molecule has 3 aromatic rings. The molecule has 0 aliphatic carbocycles. The van der Waals surface area contributed by atoms with Gasteiger partial charge in [0, 0.05) is 14.9 Å². The zero-order valence-corrected chi connectivity index (χ0v) is 17.5. The SMILES string of the molecule is CCC(Sc1ccc(Cl)cc1)C(=O)Nc1cc(Cl)ccc1Oc1ccccc1. The number of rotatable bonds is 7. The number of amides is 1. The summed E-state index contributed by atoms with van der Waals surface area (Å²) in [5, 5.41) is 3.89. The fourth-order valence-corrected chi connectivity index (χ4v) is 3.77. The van der Waals surface area contributed by atoms with E-state index in [2.05, 4.69) is 5.32 Å². The average molecular weight is 432 g/mol. The fraction of sp³-hybridized carbons (Fsp3) is 0.136. The summed E-state index contributed by atoms with van der Waals surface area (Å²) in [5.41, 5.74) is 0.538. The van der Waals surface area contributed by atoms with Gasteiger partial charge in [-0.2, -0.15) is 0 Å². The lowest BCUT2D eigenvalue weighted by Crippen LogP contribution is -2.24. The van der Waals surface area contributed by atoms with Gasteiger partial charge in [0.15, 0.2) is 5.75 Å². The van der Waals surface area contributed by atoms with E-state index in [9.17, 15) is 4.79 Å². The smallest absolute Gasteiger partial charge is 0.237 e. The lowest BCUT2D eigenvalue weighted by Gasteiger charge is -2.17. The molecule has 0 fully saturated rings. The van der Waals surface area contributed by atoms with Crippen molar-refractivity contribution < 1.29 is 9.53 Å². The van der Waals surface area contributed by atoms with Gasteiger partial charge < -0.3 is 10.1 Å². The minimum absolute atomic E-state index is 0.109. The zero-order chi connectivity index (χ0) is 19.9. The highest BCUT2D eigenvalue weighted by molar-refractivity contribution is 8.00. The van der Waals surface area contributed by atoms with Crippen molar-refractivity contribution in [2.24, 2.45) is 0 Å². The van der Waals surface area contributed by atoms with E-state index >= 15 is 0 Å². The number of carbonyl (C=O) groups is 1. The largest absolute Gasteiger partial charge is 0.455 e. The van der Waals surface area contributed by atoms with E-state index in [1.807, 2.05) is 61.5 Å². The molecule has 0 radical (unpaired) electrons. The molecule has 1 unspecified atom stereocenters. The van der Waals surface area contributed by atoms with Crippen LogP contribution in [0.25, 0.3) is 0 Å². The van der Waals surface area contributed by atoms with E-state index in [1.165, 1.54) is 11.8 Å². The van der Waals surface area contributed by atoms with Crippen LogP contribution in [0.1, 0.15) is 13.3 Å². The first-order valence-corrected chi connectivity index (χ1v) is 10.4. The standard InChI is InChI=1S/C22H19Cl2NO2S/c1-2-21(28-18-11-8-15(23)9-12-18)22(26)25-19-14-16(24)10-13-20(19)27-17-6-4-3-5-7-17/h3-14,21H,2H2,1H3,(H,25,26). The highest BCUT2D eigenvalue weighted by atomic mass is 35.5. The predicted molar refractivity (Wildman–Crippen MR) is 118 cm³/mol. The Morgan fingerprint density at radius 3 is 2.36 bits per heavy atom. The third kappa shape index (κ3) is 5.68. The Morgan fingerprint density at radius 2 is 1.68 bits per heavy atom. The van der Waals surface area contributed by atoms with Crippen LogP contribution in [0.4, 0.5) is 5.69 Å². The van der Waals surface area contributed by atoms with Crippen LogP contribution < -0.4 is 10.1 Å². The second-order valence-corrected chi connectivity index (χ2v) is 8.16. The number of nitrogens with one attached hydrogen (secondary N) is 1. The molecule has 0 bridgehead atoms. The Balaban J connectivity index is 1.76. The zero-order valence-electron chi connectivity index (χ0n) is 15.2. The highest BCUT2D eigenvalue weighted by Crippen LogP contribution is 2.33. The first-order valence-electron chi connectivity index (χ1n) is 8.80. The van der Waals surface area contributed by atoms with E-state index in [-0.39, 0.29) is 11.2 Å². The number of halogens is 2. The molecular weight excluding hydrogens is 413 g/mol. The maximum atomic E-state index is 12.9. The fourth-order valence-electron chi connectivity index (χ4n) is 2.52. The third-order valence-corrected chi connectivity index (χ3v) is 5.79. The van der Waals surface area contributed by atoms with E-state index < -0.39 is 0 Å². The lowest BCUT2D eigenvalue weighted by atomic mass is 10.2. The maximum Gasteiger partial charge on any atom is 0.237 e. The van der Waals surface area contributed by atoms with Crippen molar-refractivity contribution >= 4 is 46.6 Å². The van der Waals surface area contributed by atoms with Crippen molar-refractivity contribution in [1.82, 2.24) is 0 Å². The first kappa shape index (κ1) is 20.6. The van der Waals surface area contributed by atoms with Crippen molar-refractivity contribution in [2.45, 2.75) is 23.5 Å². The average Bonchev–Trinajstić information content (AvgIpc) is 2.70. The van der Waals surface area contributed by atoms with Gasteiger partial charge in [0.2, 0.25) is 5.91 Å². The molecule has 6 heteroatoms. The number of thioether (sulfide) groups is 1. The molecular formula is C22H19Cl2NO2S. The summed E-state index contributed by atoms with van der Waals surface area (Å²) in [6.45, 7) is 1.98. The number of ether oxygens (including phenoxy) is 1. The van der Waals surface area contributed by atoms with Crippen LogP contribution >= 0.6 is 35.0 Å². The molecule has 1 N–H and O–H groups in total. The van der Waals surface area contributed by atoms with Crippen molar-refractivity contribution in [3.8, 4) is 11.5 Å². The van der Waals surface area contributed by atoms with Crippen LogP contribution in [0.3, 0.4) is 0 Å². The molecule has 1 atom stereocenters. The van der Waals surface area contributed by atoms with Gasteiger partial charge in [0.1, 0.15) is 5.75 Å². The number of hydrogen-bond acceptors (Lipinski definition) is 3. The van der Waals surface area contributed by atoms with Gasteiger partial charge >= 0.3 is 0 Å². The van der Waals surface area contributed by atoms with Crippen LogP contribution in [0.5, 0.6) is 11.5 Å². The van der Waals surface area contributed by atoms with Gasteiger partial charge in [-0.1, -0.05) is 48.3 Å². The third-order valence-electron chi connectivity index (χ3n) is 3.93. The number of anilines is 1. The van der Waals surface area contributed by atoms with E-state index in [0.717, 1.165) is 4.90 Å². The quantitative estimate of drug-likeness (QED) is 0.398. The van der Waals surface area contributed by atoms with E-state index in [1.54, 1.807) is 18.2 Å². The Morgan fingerprint density at radius 1 is 1.00 bits per heavy atom. The second kappa shape index (κ2) is 9.87. The molecule has 0 aliphatic heterocycles. The van der Waals surface area contributed by atoms with Crippen LogP contribution in [0.2, 0.25) is 10.0 Å². The molecule has 1 amide bonds. The van der Waals surface area contributed by atoms with Crippen molar-refractivity contribution in [3.05, 3.63) is 82.8 Å². The minimum atomic E-state index is -0.260. The summed E-state index contributed by atoms with van der Waals surface area (Å²) in [5.74, 6) is 1.11. The number of carbonyl (C=O) groups excluding carboxylic acids is 1. The monoisotopic (exact) mass is 431 g/mol. The first-order chi connectivity index (χ1) is 13.5. The van der Waals surface area contributed by atoms with Crippen LogP contribution in [0.15, 0.2) is 77.7 Å². The molecule has 0 aliphatic rings. The summed E-state index contributed by atoms with van der Waals surface area (Å²) in [6, 6.07) is 22.0. The van der Waals surface area contributed by atoms with Crippen LogP contribution in [0, 0.1) is 0 Å². The van der Waals surface area contributed by atoms with Crippen LogP contribution in [-0.4, -0.2) is 11.2 Å². The molecule has 3 aromatic carbocycles. The summed E-state index contributed by atoms with van der Waals surface area (Å²) in [4.78, 5) is 13.9. The Kier molecular flexibility index (Phi) is 7.26. The van der Waals surface area contributed by atoms with Gasteiger partial charge in [0.25, 0.3) is 0 Å². The van der Waals surface area contributed by atoms with Crippen molar-refractivity contribution in [3.63, 3.8) is 0 Å². The van der Waals surface area contributed by atoms with Crippen molar-refractivity contribution in [1.29, 1.82) is 0 Å². The van der Waals surface area contributed by atoms with E-state index in [4.69, 9.17) is 27.9 Å². The summed E-state index contributed by atoms with van der Waals surface area (Å²) < 4.78 is 5.92. The molecule has 0 heterocycles. The van der Waals surface area contributed by atoms with Gasteiger partial charge in [-0.15, -0.1) is 11.8 Å². The van der Waals surface area contributed by atoms with Gasteiger partial charge in [0.05, 0.1) is 10.9 Å². The molecule has 3 rings (SSSR count). The highest BCUT2D eigenvalue weighted by Gasteiger charge is 2.20. The van der Waals surface area contributed by atoms with Gasteiger partial charge in [-0.05, 0) is 61.0 Å². The maximum absolute atomic E-state index is 12.9. The molecule has 0 aromatic heterocycles. The van der Waals surface area contributed by atoms with Crippen molar-refractivity contribution in [2.75, 3.05) is 5.32 Å². The summed E-state index contributed by atoms with van der Waals surface area (Å²) in [7, 11) is 0. The minimum Gasteiger partial charge on any atom is -0.455 e. The number of benzene rings is 3. The Labute approximate surface area is 179 Å². The lowest BCUT2D eigenvalue weighted by molar-refractivity contribution is -0.115. The summed E-state index contributed by atoms with van der Waals surface area (Å²) >= 11 is 13.6. The van der Waals surface area contributed by atoms with Crippen LogP contribution in [-0.2, 0) is 4.79 Å². The normalized spacial score (nSPS) is 11.7. The molecule has 0 saturated carbocycles. The predicted octanol–water partition coefficient (Wildman–Crippen LogP) is 7.30. The number of para-hydroxylation sites is 1. The number of hydrogen-bond donors (Lipinski definition) is 1. The van der Waals surface area contributed by atoms with Gasteiger partial charge in [-0.25, -0.2) is 0 Å². The molecule has 0 spiro atoms. The second-order valence-electron chi connectivity index (χ2n) is 6.01. The van der Waals surface area contributed by atoms with Gasteiger partial charge in [-0.3, -0.25) is 4.79 Å². The Hall–Kier alpha value is -2.14. The molecule has 144 valence electrons. The van der Waals surface area contributed by atoms with E-state index in [0.29, 0.717) is 33.7 Å². The molecule has 28 heavy (non-hydrogen) atoms. The molecule has 3 nitrogen and oxygen atoms in total. The Bertz CT molecular complexity index is 933.